The number of hydrogen-bond donors (Lipinski definition) is 3. The highest BCUT2D eigenvalue weighted by Crippen LogP contribution is 2.67. The quantitative estimate of drug-likeness (QED) is 0.359. The molecule has 3 unspecified atom stereocenters. The summed E-state index contributed by atoms with van der Waals surface area (Å²) in [5.74, 6) is 0.149. The summed E-state index contributed by atoms with van der Waals surface area (Å²) < 4.78 is 6.05. The lowest BCUT2D eigenvalue weighted by atomic mass is 9.40. The Morgan fingerprint density at radius 1 is 1.39 bits per heavy atom. The summed E-state index contributed by atoms with van der Waals surface area (Å²) in [4.78, 5) is 0. The van der Waals surface area contributed by atoms with E-state index < -0.39 is 24.3 Å². The topological polar surface area (TPSA) is 75.7 Å². The number of allylic oxidation sites excluding steroid dienone is 1. The molecule has 0 spiro atoms. The molecule has 3 rings (SSSR count). The molecule has 0 aromatic rings. The maximum absolute atomic E-state index is 10.9. The minimum atomic E-state index is -1.02. The molecule has 0 aliphatic heterocycles. The van der Waals surface area contributed by atoms with Crippen LogP contribution in [0.25, 0.3) is 0 Å². The summed E-state index contributed by atoms with van der Waals surface area (Å²) in [6.07, 6.45) is 8.12. The second-order valence-electron chi connectivity index (χ2n) is 8.01. The Balaban J connectivity index is 0.00000264. The fourth-order valence-electron chi connectivity index (χ4n) is 4.53. The fourth-order valence-corrected chi connectivity index (χ4v) is 4.53. The zero-order valence-corrected chi connectivity index (χ0v) is 15.6. The monoisotopic (exact) mass is 345 g/mol. The summed E-state index contributed by atoms with van der Waals surface area (Å²) in [6.45, 7) is 9.81. The van der Waals surface area contributed by atoms with E-state index in [2.05, 4.69) is 20.4 Å². The molecule has 0 amide bonds. The molecule has 134 valence electrons. The van der Waals surface area contributed by atoms with E-state index in [1.54, 1.807) is 0 Å². The van der Waals surface area contributed by atoms with Crippen molar-refractivity contribution >= 4 is 19.5 Å². The van der Waals surface area contributed by atoms with Crippen molar-refractivity contribution in [2.75, 3.05) is 0 Å². The lowest BCUT2D eigenvalue weighted by molar-refractivity contribution is -0.305. The lowest BCUT2D eigenvalue weighted by Gasteiger charge is -2.71. The van der Waals surface area contributed by atoms with Crippen LogP contribution in [0.4, 0.5) is 0 Å². The third-order valence-electron chi connectivity index (χ3n) is 6.33. The molecule has 3 fully saturated rings. The Hall–Kier alpha value is -0.0651. The van der Waals surface area contributed by atoms with Crippen molar-refractivity contribution in [2.24, 2.45) is 17.1 Å². The van der Waals surface area contributed by atoms with Crippen LogP contribution in [-0.2, 0) is 4.65 Å². The Morgan fingerprint density at radius 3 is 2.57 bits per heavy atom. The van der Waals surface area contributed by atoms with Crippen molar-refractivity contribution in [2.45, 2.75) is 82.9 Å². The molecule has 6 heteroatoms. The maximum atomic E-state index is 10.9. The molecule has 4 nitrogen and oxygen atoms in total. The number of fused-ring (bicyclic) bond motifs is 2. The first-order chi connectivity index (χ1) is 10.2. The van der Waals surface area contributed by atoms with Gasteiger partial charge in [0.05, 0.1) is 11.2 Å². The third-order valence-corrected chi connectivity index (χ3v) is 6.33. The number of nitrogens with two attached hydrogens (primary N) is 1. The van der Waals surface area contributed by atoms with E-state index in [1.807, 2.05) is 13.0 Å². The van der Waals surface area contributed by atoms with Crippen molar-refractivity contribution in [1.29, 1.82) is 0 Å². The second kappa shape index (κ2) is 7.44. The van der Waals surface area contributed by atoms with Crippen molar-refractivity contribution in [3.05, 3.63) is 12.7 Å². The molecule has 0 radical (unpaired) electrons. The van der Waals surface area contributed by atoms with Gasteiger partial charge >= 0.3 is 7.12 Å². The Labute approximate surface area is 147 Å². The summed E-state index contributed by atoms with van der Waals surface area (Å²) in [5.41, 5.74) is 4.37. The molecule has 4 atom stereocenters. The number of unbranched alkanes of at least 4 members (excludes halogenated alkanes) is 2. The van der Waals surface area contributed by atoms with Gasteiger partial charge in [-0.15, -0.1) is 19.0 Å². The van der Waals surface area contributed by atoms with Crippen LogP contribution in [0.2, 0.25) is 0 Å². The third kappa shape index (κ3) is 3.50. The Kier molecular flexibility index (Phi) is 6.79. The highest BCUT2D eigenvalue weighted by atomic mass is 35.5. The molecule has 3 aliphatic carbocycles. The van der Waals surface area contributed by atoms with Gasteiger partial charge < -0.3 is 20.5 Å². The molecule has 3 aliphatic rings. The van der Waals surface area contributed by atoms with Crippen LogP contribution in [0.3, 0.4) is 0 Å². The van der Waals surface area contributed by atoms with Crippen molar-refractivity contribution < 1.29 is 14.8 Å². The largest absolute Gasteiger partial charge is 0.472 e. The zero-order valence-electron chi connectivity index (χ0n) is 14.8. The van der Waals surface area contributed by atoms with E-state index in [4.69, 9.17) is 10.4 Å². The van der Waals surface area contributed by atoms with Crippen molar-refractivity contribution in [3.8, 4) is 0 Å². The van der Waals surface area contributed by atoms with Gasteiger partial charge in [-0.2, -0.15) is 0 Å². The molecular formula is C17H33BClNO3. The minimum Gasteiger partial charge on any atom is -0.426 e. The number of rotatable bonds is 8. The van der Waals surface area contributed by atoms with Gasteiger partial charge in [0.15, 0.2) is 0 Å². The molecule has 0 aromatic heterocycles. The van der Waals surface area contributed by atoms with Crippen LogP contribution < -0.4 is 5.73 Å². The van der Waals surface area contributed by atoms with E-state index in [9.17, 15) is 10.1 Å². The highest BCUT2D eigenvalue weighted by Gasteiger charge is 2.71. The van der Waals surface area contributed by atoms with Crippen LogP contribution in [0.1, 0.15) is 65.7 Å². The van der Waals surface area contributed by atoms with Gasteiger partial charge in [-0.05, 0) is 56.8 Å². The maximum Gasteiger partial charge on any atom is 0.472 e. The molecule has 4 N–H and O–H groups in total. The van der Waals surface area contributed by atoms with Gasteiger partial charge in [0.1, 0.15) is 0 Å². The predicted molar refractivity (Wildman–Crippen MR) is 97.4 cm³/mol. The van der Waals surface area contributed by atoms with Crippen molar-refractivity contribution in [1.82, 2.24) is 0 Å². The molecule has 3 saturated carbocycles. The predicted octanol–water partition coefficient (Wildman–Crippen LogP) is 2.85. The van der Waals surface area contributed by atoms with Gasteiger partial charge in [0.25, 0.3) is 0 Å². The Bertz CT molecular complexity index is 409. The summed E-state index contributed by atoms with van der Waals surface area (Å²) in [5, 5.41) is 21.3. The van der Waals surface area contributed by atoms with Gasteiger partial charge in [-0.25, -0.2) is 0 Å². The van der Waals surface area contributed by atoms with Crippen LogP contribution in [0.5, 0.6) is 0 Å². The van der Waals surface area contributed by atoms with E-state index in [0.29, 0.717) is 5.92 Å². The number of aliphatic hydroxyl groups is 1. The first-order valence-corrected chi connectivity index (χ1v) is 8.63. The molecule has 2 bridgehead atoms. The molecule has 0 aromatic carbocycles. The first kappa shape index (κ1) is 21.0. The van der Waals surface area contributed by atoms with Gasteiger partial charge in [0.2, 0.25) is 0 Å². The fraction of sp³-hybridized carbons (Fsp3) is 0.882. The van der Waals surface area contributed by atoms with E-state index in [1.165, 1.54) is 0 Å². The minimum absolute atomic E-state index is 0. The van der Waals surface area contributed by atoms with E-state index in [-0.39, 0.29) is 17.8 Å². The second-order valence-corrected chi connectivity index (χ2v) is 8.01. The van der Waals surface area contributed by atoms with E-state index in [0.717, 1.165) is 44.9 Å². The average molecular weight is 346 g/mol. The van der Waals surface area contributed by atoms with Gasteiger partial charge in [-0.1, -0.05) is 26.3 Å². The summed E-state index contributed by atoms with van der Waals surface area (Å²) in [6, 6.07) is 0. The number of halogens is 1. The normalized spacial score (nSPS) is 35.7. The van der Waals surface area contributed by atoms with Crippen LogP contribution in [-0.4, -0.2) is 34.4 Å². The average Bonchev–Trinajstić information content (AvgIpc) is 2.44. The number of hydrogen-bond acceptors (Lipinski definition) is 4. The smallest absolute Gasteiger partial charge is 0.426 e. The van der Waals surface area contributed by atoms with Crippen LogP contribution in [0, 0.1) is 11.3 Å². The van der Waals surface area contributed by atoms with E-state index >= 15 is 0 Å². The van der Waals surface area contributed by atoms with Crippen molar-refractivity contribution in [3.63, 3.8) is 0 Å². The lowest BCUT2D eigenvalue weighted by Crippen LogP contribution is -2.77. The molecular weight excluding hydrogens is 312 g/mol. The van der Waals surface area contributed by atoms with Crippen LogP contribution >= 0.6 is 12.4 Å². The summed E-state index contributed by atoms with van der Waals surface area (Å²) in [7, 11) is -1.02. The molecule has 0 saturated heterocycles. The first-order valence-electron chi connectivity index (χ1n) is 8.63. The zero-order chi connectivity index (χ0) is 16.6. The van der Waals surface area contributed by atoms with Gasteiger partial charge in [-0.3, -0.25) is 0 Å². The van der Waals surface area contributed by atoms with Gasteiger partial charge in [0, 0.05) is 5.94 Å². The van der Waals surface area contributed by atoms with Crippen LogP contribution in [0.15, 0.2) is 12.7 Å². The standard InChI is InChI=1S/C17H32BNO3.ClH/c1-5-6-7-8-9-14(19)18(21)22-17-12-13(15(17,2)3)10-11-16(17,4)20;/h5,13-14,20-21H,1,6-12,19H2,2-4H3;1H/t13?,14-,16?,17?;/m1./s1. The summed E-state index contributed by atoms with van der Waals surface area (Å²) >= 11 is 0. The Morgan fingerprint density at radius 2 is 2.04 bits per heavy atom. The highest BCUT2D eigenvalue weighted by molar-refractivity contribution is 6.45. The molecule has 0 heterocycles. The molecule has 23 heavy (non-hydrogen) atoms. The SMILES string of the molecule is C=CCCCC[C@@H](N)B(O)OC12CC(CCC1(C)O)C2(C)C.Cl.